The first-order valence-electron chi connectivity index (χ1n) is 12.2. The molecule has 0 saturated heterocycles. The van der Waals surface area contributed by atoms with E-state index in [2.05, 4.69) is 10.3 Å². The van der Waals surface area contributed by atoms with Crippen LogP contribution in [0, 0.1) is 0 Å². The highest BCUT2D eigenvalue weighted by atomic mass is 16.3. The van der Waals surface area contributed by atoms with E-state index >= 15 is 0 Å². The molecule has 1 unspecified atom stereocenters. The third-order valence-electron chi connectivity index (χ3n) is 6.18. The SMILES string of the molecule is CCc1cccc(NC(=O)CC2N=C(c3ccccn3)c3ccccc3N(CC(=O)C(C)(C)O)C2=O)c1. The average Bonchev–Trinajstić information content (AvgIpc) is 2.99. The fraction of sp³-hybridized carbons (Fsp3) is 0.276. The first kappa shape index (κ1) is 25.9. The number of aromatic nitrogens is 1. The molecule has 2 aromatic carbocycles. The molecule has 1 aliphatic heterocycles. The van der Waals surface area contributed by atoms with Gasteiger partial charge in [0.25, 0.3) is 5.91 Å². The zero-order valence-electron chi connectivity index (χ0n) is 21.1. The van der Waals surface area contributed by atoms with Gasteiger partial charge in [-0.05, 0) is 56.2 Å². The van der Waals surface area contributed by atoms with Crippen molar-refractivity contribution >= 4 is 34.7 Å². The third-order valence-corrected chi connectivity index (χ3v) is 6.18. The standard InChI is InChI=1S/C29H30N4O4/c1-4-19-10-9-11-20(16-19)31-26(35)17-23-28(36)33(18-25(34)29(2,3)37)24-14-6-5-12-21(24)27(32-23)22-13-7-8-15-30-22/h5-16,23,37H,4,17-18H2,1-3H3,(H,31,35). The molecule has 2 amide bonds. The van der Waals surface area contributed by atoms with Crippen molar-refractivity contribution in [3.05, 3.63) is 89.7 Å². The van der Waals surface area contributed by atoms with Gasteiger partial charge in [-0.1, -0.05) is 43.3 Å². The lowest BCUT2D eigenvalue weighted by atomic mass is 10.0. The number of nitrogens with zero attached hydrogens (tertiary/aromatic N) is 3. The molecule has 37 heavy (non-hydrogen) atoms. The van der Waals surface area contributed by atoms with Gasteiger partial charge in [-0.15, -0.1) is 0 Å². The summed E-state index contributed by atoms with van der Waals surface area (Å²) in [6.45, 7) is 4.44. The van der Waals surface area contributed by atoms with Crippen LogP contribution in [0.1, 0.15) is 44.0 Å². The maximum Gasteiger partial charge on any atom is 0.252 e. The number of nitrogens with one attached hydrogen (secondary N) is 1. The number of pyridine rings is 1. The molecule has 1 aromatic heterocycles. The Kier molecular flexibility index (Phi) is 7.59. The number of benzodiazepines with no additional fused rings is 1. The number of benzene rings is 2. The second-order valence-corrected chi connectivity index (χ2v) is 9.44. The van der Waals surface area contributed by atoms with Gasteiger partial charge in [-0.3, -0.25) is 24.4 Å². The van der Waals surface area contributed by atoms with Crippen LogP contribution >= 0.6 is 0 Å². The summed E-state index contributed by atoms with van der Waals surface area (Å²) >= 11 is 0. The first-order valence-corrected chi connectivity index (χ1v) is 12.2. The van der Waals surface area contributed by atoms with Crippen LogP contribution in [0.25, 0.3) is 0 Å². The lowest BCUT2D eigenvalue weighted by Gasteiger charge is -2.27. The summed E-state index contributed by atoms with van der Waals surface area (Å²) in [6.07, 6.45) is 2.23. The lowest BCUT2D eigenvalue weighted by Crippen LogP contribution is -2.47. The van der Waals surface area contributed by atoms with Gasteiger partial charge < -0.3 is 15.3 Å². The van der Waals surface area contributed by atoms with Crippen LogP contribution < -0.4 is 10.2 Å². The molecule has 1 atom stereocenters. The normalized spacial score (nSPS) is 15.5. The Bertz CT molecular complexity index is 1350. The molecule has 0 radical (unpaired) electrons. The molecule has 2 heterocycles. The van der Waals surface area contributed by atoms with Crippen molar-refractivity contribution in [1.82, 2.24) is 4.98 Å². The quantitative estimate of drug-likeness (QED) is 0.493. The first-order chi connectivity index (χ1) is 17.7. The second-order valence-electron chi connectivity index (χ2n) is 9.44. The average molecular weight is 499 g/mol. The van der Waals surface area contributed by atoms with Crippen molar-refractivity contribution in [1.29, 1.82) is 0 Å². The molecule has 1 aliphatic rings. The Hall–Kier alpha value is -4.17. The van der Waals surface area contributed by atoms with Crippen LogP contribution in [0.4, 0.5) is 11.4 Å². The zero-order valence-corrected chi connectivity index (χ0v) is 21.1. The van der Waals surface area contributed by atoms with E-state index in [1.165, 1.54) is 18.7 Å². The van der Waals surface area contributed by atoms with Crippen molar-refractivity contribution < 1.29 is 19.5 Å². The van der Waals surface area contributed by atoms with Crippen LogP contribution in [-0.2, 0) is 20.8 Å². The molecule has 0 bridgehead atoms. The van der Waals surface area contributed by atoms with Crippen LogP contribution in [0.5, 0.6) is 0 Å². The molecule has 190 valence electrons. The van der Waals surface area contributed by atoms with E-state index in [1.54, 1.807) is 42.6 Å². The van der Waals surface area contributed by atoms with Gasteiger partial charge in [0, 0.05) is 17.4 Å². The molecule has 8 heteroatoms. The van der Waals surface area contributed by atoms with E-state index in [9.17, 15) is 19.5 Å². The number of Topliss-reactive ketones (excluding diaryl/α,β-unsaturated/α-hetero) is 1. The number of rotatable bonds is 8. The number of carbonyl (C=O) groups excluding carboxylic acids is 3. The number of amides is 2. The molecular formula is C29H30N4O4. The molecule has 0 fully saturated rings. The number of aryl methyl sites for hydroxylation is 1. The van der Waals surface area contributed by atoms with E-state index in [0.717, 1.165) is 12.0 Å². The number of aliphatic hydroxyl groups is 1. The number of para-hydroxylation sites is 1. The van der Waals surface area contributed by atoms with Gasteiger partial charge in [0.1, 0.15) is 11.6 Å². The highest BCUT2D eigenvalue weighted by Gasteiger charge is 2.36. The molecule has 0 aliphatic carbocycles. The van der Waals surface area contributed by atoms with Gasteiger partial charge in [0.05, 0.1) is 30.1 Å². The van der Waals surface area contributed by atoms with Gasteiger partial charge in [0.2, 0.25) is 5.91 Å². The fourth-order valence-corrected chi connectivity index (χ4v) is 4.09. The summed E-state index contributed by atoms with van der Waals surface area (Å²) in [7, 11) is 0. The van der Waals surface area contributed by atoms with Crippen LogP contribution in [-0.4, -0.2) is 51.6 Å². The molecule has 4 rings (SSSR count). The predicted octanol–water partition coefficient (Wildman–Crippen LogP) is 3.57. The number of anilines is 2. The van der Waals surface area contributed by atoms with Gasteiger partial charge in [-0.2, -0.15) is 0 Å². The third kappa shape index (κ3) is 5.98. The number of ketones is 1. The lowest BCUT2D eigenvalue weighted by molar-refractivity contribution is -0.134. The summed E-state index contributed by atoms with van der Waals surface area (Å²) in [5.41, 5.74) is 2.14. The smallest absolute Gasteiger partial charge is 0.252 e. The van der Waals surface area contributed by atoms with Crippen molar-refractivity contribution in [3.8, 4) is 0 Å². The molecule has 0 saturated carbocycles. The van der Waals surface area contributed by atoms with E-state index in [-0.39, 0.29) is 18.9 Å². The van der Waals surface area contributed by atoms with Crippen molar-refractivity contribution in [2.45, 2.75) is 45.3 Å². The van der Waals surface area contributed by atoms with Crippen molar-refractivity contribution in [3.63, 3.8) is 0 Å². The summed E-state index contributed by atoms with van der Waals surface area (Å²) in [5.74, 6) is -1.42. The monoisotopic (exact) mass is 498 g/mol. The minimum Gasteiger partial charge on any atom is -0.383 e. The molecule has 0 spiro atoms. The highest BCUT2D eigenvalue weighted by molar-refractivity contribution is 6.20. The van der Waals surface area contributed by atoms with Crippen molar-refractivity contribution in [2.75, 3.05) is 16.8 Å². The van der Waals surface area contributed by atoms with Gasteiger partial charge in [-0.25, -0.2) is 0 Å². The van der Waals surface area contributed by atoms with E-state index in [0.29, 0.717) is 28.3 Å². The summed E-state index contributed by atoms with van der Waals surface area (Å²) in [5, 5.41) is 13.1. The maximum atomic E-state index is 13.8. The molecule has 2 N–H and O–H groups in total. The van der Waals surface area contributed by atoms with E-state index in [1.807, 2.05) is 37.3 Å². The highest BCUT2D eigenvalue weighted by Crippen LogP contribution is 2.29. The van der Waals surface area contributed by atoms with Crippen LogP contribution in [0.2, 0.25) is 0 Å². The van der Waals surface area contributed by atoms with Crippen LogP contribution in [0.15, 0.2) is 77.9 Å². The number of carbonyl (C=O) groups is 3. The van der Waals surface area contributed by atoms with E-state index < -0.39 is 23.3 Å². The largest absolute Gasteiger partial charge is 0.383 e. The maximum absolute atomic E-state index is 13.8. The predicted molar refractivity (Wildman–Crippen MR) is 143 cm³/mol. The van der Waals surface area contributed by atoms with E-state index in [4.69, 9.17) is 4.99 Å². The zero-order chi connectivity index (χ0) is 26.6. The number of fused-ring (bicyclic) bond motifs is 1. The second kappa shape index (κ2) is 10.8. The Morgan fingerprint density at radius 1 is 1.05 bits per heavy atom. The van der Waals surface area contributed by atoms with Gasteiger partial charge in [0.15, 0.2) is 5.78 Å². The number of aliphatic imine (C=N–C) groups is 1. The number of hydrogen-bond acceptors (Lipinski definition) is 6. The van der Waals surface area contributed by atoms with Gasteiger partial charge >= 0.3 is 0 Å². The summed E-state index contributed by atoms with van der Waals surface area (Å²) in [4.78, 5) is 50.2. The Balaban J connectivity index is 1.74. The van der Waals surface area contributed by atoms with Crippen LogP contribution in [0.3, 0.4) is 0 Å². The minimum absolute atomic E-state index is 0.229. The van der Waals surface area contributed by atoms with Crippen molar-refractivity contribution in [2.24, 2.45) is 4.99 Å². The molecule has 3 aromatic rings. The summed E-state index contributed by atoms with van der Waals surface area (Å²) in [6, 6.07) is 18.9. The minimum atomic E-state index is -1.64. The Morgan fingerprint density at radius 3 is 2.51 bits per heavy atom. The topological polar surface area (TPSA) is 112 Å². The Labute approximate surface area is 216 Å². The number of hydrogen-bond donors (Lipinski definition) is 2. The molecule has 8 nitrogen and oxygen atoms in total. The molecular weight excluding hydrogens is 468 g/mol. The summed E-state index contributed by atoms with van der Waals surface area (Å²) < 4.78 is 0. The Morgan fingerprint density at radius 2 is 1.81 bits per heavy atom. The fourth-order valence-electron chi connectivity index (χ4n) is 4.09.